The van der Waals surface area contributed by atoms with Crippen molar-refractivity contribution in [3.05, 3.63) is 53.1 Å². The largest absolute Gasteiger partial charge is 0.489 e. The number of carbonyl (C=O) groups is 1. The van der Waals surface area contributed by atoms with Crippen molar-refractivity contribution in [1.82, 2.24) is 15.0 Å². The Hall–Kier alpha value is -2.90. The molecule has 7 nitrogen and oxygen atoms in total. The highest BCUT2D eigenvalue weighted by Crippen LogP contribution is 2.33. The molecule has 8 heteroatoms. The van der Waals surface area contributed by atoms with Crippen LogP contribution >= 0.6 is 11.6 Å². The minimum atomic E-state index is -0.721. The van der Waals surface area contributed by atoms with E-state index in [4.69, 9.17) is 26.0 Å². The van der Waals surface area contributed by atoms with Gasteiger partial charge in [-0.2, -0.15) is 4.98 Å². The highest BCUT2D eigenvalue weighted by atomic mass is 35.5. The van der Waals surface area contributed by atoms with Crippen LogP contribution in [0, 0.1) is 5.92 Å². The number of hydrogen-bond acceptors (Lipinski definition) is 6. The first kappa shape index (κ1) is 21.0. The van der Waals surface area contributed by atoms with Gasteiger partial charge in [-0.05, 0) is 61.6 Å². The van der Waals surface area contributed by atoms with Crippen molar-refractivity contribution in [2.75, 3.05) is 13.1 Å². The maximum absolute atomic E-state index is 10.9. The van der Waals surface area contributed by atoms with E-state index in [1.54, 1.807) is 6.07 Å². The third-order valence-electron chi connectivity index (χ3n) is 6.13. The number of nitrogens with zero attached hydrogens (tertiary/aromatic N) is 3. The Balaban J connectivity index is 1.23. The number of benzene rings is 2. The zero-order valence-electron chi connectivity index (χ0n) is 17.5. The molecule has 1 saturated heterocycles. The second-order valence-electron chi connectivity index (χ2n) is 8.52. The molecule has 5 rings (SSSR count). The predicted molar refractivity (Wildman–Crippen MR) is 119 cm³/mol. The average molecular weight is 454 g/mol. The number of likely N-dealkylation sites (tertiary alicyclic amines) is 1. The molecule has 1 aromatic heterocycles. The van der Waals surface area contributed by atoms with Gasteiger partial charge in [0.15, 0.2) is 0 Å². The SMILES string of the molecule is O=C(O)C1CN(Cc2ccc(-c3nc(-c4ccc(OC5CCCC5)c(Cl)c4)no3)cc2)C1. The second-order valence-corrected chi connectivity index (χ2v) is 8.93. The molecule has 1 aliphatic heterocycles. The van der Waals surface area contributed by atoms with E-state index in [0.717, 1.165) is 36.1 Å². The van der Waals surface area contributed by atoms with Crippen molar-refractivity contribution in [2.45, 2.75) is 38.3 Å². The molecule has 1 aliphatic carbocycles. The van der Waals surface area contributed by atoms with E-state index in [-0.39, 0.29) is 12.0 Å². The van der Waals surface area contributed by atoms with Crippen molar-refractivity contribution in [2.24, 2.45) is 5.92 Å². The number of aromatic nitrogens is 2. The van der Waals surface area contributed by atoms with Crippen molar-refractivity contribution >= 4 is 17.6 Å². The van der Waals surface area contributed by atoms with Crippen molar-refractivity contribution < 1.29 is 19.2 Å². The summed E-state index contributed by atoms with van der Waals surface area (Å²) in [5.41, 5.74) is 2.71. The van der Waals surface area contributed by atoms with Gasteiger partial charge in [0.2, 0.25) is 5.82 Å². The molecule has 0 unspecified atom stereocenters. The molecule has 0 radical (unpaired) electrons. The molecule has 2 aliphatic rings. The molecule has 2 heterocycles. The normalized spacial score (nSPS) is 17.4. The van der Waals surface area contributed by atoms with Crippen LogP contribution in [-0.4, -0.2) is 45.3 Å². The van der Waals surface area contributed by atoms with Crippen molar-refractivity contribution in [3.8, 4) is 28.6 Å². The monoisotopic (exact) mass is 453 g/mol. The van der Waals surface area contributed by atoms with Crippen LogP contribution in [0.4, 0.5) is 0 Å². The first-order valence-electron chi connectivity index (χ1n) is 10.9. The molecular weight excluding hydrogens is 430 g/mol. The molecule has 1 N–H and O–H groups in total. The highest BCUT2D eigenvalue weighted by molar-refractivity contribution is 6.32. The molecule has 2 aromatic carbocycles. The number of carboxylic acids is 1. The number of rotatable bonds is 7. The van der Waals surface area contributed by atoms with Crippen LogP contribution in [0.1, 0.15) is 31.2 Å². The Morgan fingerprint density at radius 1 is 1.12 bits per heavy atom. The number of carboxylic acid groups (broad SMARTS) is 1. The smallest absolute Gasteiger partial charge is 0.309 e. The van der Waals surface area contributed by atoms with Gasteiger partial charge in [0.25, 0.3) is 5.89 Å². The summed E-state index contributed by atoms with van der Waals surface area (Å²) >= 11 is 6.44. The van der Waals surface area contributed by atoms with Crippen LogP contribution in [0.3, 0.4) is 0 Å². The summed E-state index contributed by atoms with van der Waals surface area (Å²) in [5, 5.41) is 13.6. The topological polar surface area (TPSA) is 88.7 Å². The maximum Gasteiger partial charge on any atom is 0.309 e. The Kier molecular flexibility index (Phi) is 5.85. The van der Waals surface area contributed by atoms with Crippen LogP contribution in [0.15, 0.2) is 47.0 Å². The minimum Gasteiger partial charge on any atom is -0.489 e. The Bertz CT molecular complexity index is 1100. The van der Waals surface area contributed by atoms with Gasteiger partial charge in [0.1, 0.15) is 5.75 Å². The Morgan fingerprint density at radius 2 is 1.84 bits per heavy atom. The van der Waals surface area contributed by atoms with Gasteiger partial charge in [-0.25, -0.2) is 0 Å². The Morgan fingerprint density at radius 3 is 2.53 bits per heavy atom. The van der Waals surface area contributed by atoms with Gasteiger partial charge >= 0.3 is 5.97 Å². The van der Waals surface area contributed by atoms with Crippen LogP contribution in [0.2, 0.25) is 5.02 Å². The number of ether oxygens (including phenoxy) is 1. The van der Waals surface area contributed by atoms with Gasteiger partial charge in [-0.15, -0.1) is 0 Å². The van der Waals surface area contributed by atoms with Crippen LogP contribution < -0.4 is 4.74 Å². The van der Waals surface area contributed by atoms with E-state index >= 15 is 0 Å². The first-order chi connectivity index (χ1) is 15.5. The van der Waals surface area contributed by atoms with Gasteiger partial charge in [0.05, 0.1) is 17.0 Å². The van der Waals surface area contributed by atoms with Gasteiger partial charge < -0.3 is 14.4 Å². The fourth-order valence-corrected chi connectivity index (χ4v) is 4.47. The van der Waals surface area contributed by atoms with E-state index in [0.29, 0.717) is 35.6 Å². The van der Waals surface area contributed by atoms with Crippen molar-refractivity contribution in [3.63, 3.8) is 0 Å². The zero-order chi connectivity index (χ0) is 22.1. The molecule has 32 heavy (non-hydrogen) atoms. The van der Waals surface area contributed by atoms with Gasteiger partial charge in [-0.1, -0.05) is 28.9 Å². The summed E-state index contributed by atoms with van der Waals surface area (Å²) in [5.74, 6) is 0.630. The number of hydrogen-bond donors (Lipinski definition) is 1. The Labute approximate surface area is 191 Å². The summed E-state index contributed by atoms with van der Waals surface area (Å²) in [7, 11) is 0. The van der Waals surface area contributed by atoms with Gasteiger partial charge in [0, 0.05) is 30.8 Å². The third kappa shape index (κ3) is 4.49. The van der Waals surface area contributed by atoms with Crippen molar-refractivity contribution in [1.29, 1.82) is 0 Å². The van der Waals surface area contributed by atoms with E-state index < -0.39 is 5.97 Å². The maximum atomic E-state index is 10.9. The number of aliphatic carboxylic acids is 1. The molecule has 0 spiro atoms. The average Bonchev–Trinajstić information content (AvgIpc) is 3.44. The quantitative estimate of drug-likeness (QED) is 0.544. The molecule has 166 valence electrons. The first-order valence-corrected chi connectivity index (χ1v) is 11.3. The molecule has 2 fully saturated rings. The third-order valence-corrected chi connectivity index (χ3v) is 6.42. The zero-order valence-corrected chi connectivity index (χ0v) is 18.3. The summed E-state index contributed by atoms with van der Waals surface area (Å²) in [6.45, 7) is 1.92. The highest BCUT2D eigenvalue weighted by Gasteiger charge is 2.32. The second kappa shape index (κ2) is 8.92. The fourth-order valence-electron chi connectivity index (χ4n) is 4.25. The molecule has 3 aromatic rings. The van der Waals surface area contributed by atoms with E-state index in [9.17, 15) is 4.79 Å². The van der Waals surface area contributed by atoms with E-state index in [2.05, 4.69) is 15.0 Å². The summed E-state index contributed by atoms with van der Waals surface area (Å²) < 4.78 is 11.5. The van der Waals surface area contributed by atoms with Crippen LogP contribution in [0.25, 0.3) is 22.8 Å². The molecule has 1 saturated carbocycles. The van der Waals surface area contributed by atoms with Crippen LogP contribution in [0.5, 0.6) is 5.75 Å². The lowest BCUT2D eigenvalue weighted by Crippen LogP contribution is -2.49. The molecule has 0 bridgehead atoms. The summed E-state index contributed by atoms with van der Waals surface area (Å²) in [4.78, 5) is 17.6. The van der Waals surface area contributed by atoms with Gasteiger partial charge in [-0.3, -0.25) is 9.69 Å². The molecule has 0 amide bonds. The standard InChI is InChI=1S/C24H24ClN3O4/c25-20-11-17(9-10-21(20)31-19-3-1-2-4-19)22-26-23(32-27-22)16-7-5-15(6-8-16)12-28-13-18(14-28)24(29)30/h5-11,18-19H,1-4,12-14H2,(H,29,30). The lowest BCUT2D eigenvalue weighted by Gasteiger charge is -2.36. The summed E-state index contributed by atoms with van der Waals surface area (Å²) in [6, 6.07) is 13.4. The van der Waals surface area contributed by atoms with Crippen LogP contribution in [-0.2, 0) is 11.3 Å². The fraction of sp³-hybridized carbons (Fsp3) is 0.375. The minimum absolute atomic E-state index is 0.247. The predicted octanol–water partition coefficient (Wildman–Crippen LogP) is 4.89. The lowest BCUT2D eigenvalue weighted by atomic mass is 9.99. The van der Waals surface area contributed by atoms with E-state index in [1.165, 1.54) is 12.8 Å². The lowest BCUT2D eigenvalue weighted by molar-refractivity contribution is -0.147. The number of halogens is 1. The molecule has 0 atom stereocenters. The summed E-state index contributed by atoms with van der Waals surface area (Å²) in [6.07, 6.45) is 4.81. The van der Waals surface area contributed by atoms with E-state index in [1.807, 2.05) is 36.4 Å². The molecular formula is C24H24ClN3O4.